The van der Waals surface area contributed by atoms with E-state index < -0.39 is 5.54 Å². The number of nitrogens with two attached hydrogens (primary N) is 1. The smallest absolute Gasteiger partial charge is 0.240 e. The van der Waals surface area contributed by atoms with Crippen LogP contribution in [0.5, 0.6) is 5.75 Å². The van der Waals surface area contributed by atoms with Gasteiger partial charge in [0.05, 0.1) is 5.54 Å². The number of rotatable bonds is 6. The maximum atomic E-state index is 12.3. The minimum Gasteiger partial charge on any atom is -0.489 e. The number of aryl methyl sites for hydroxylation is 1. The van der Waals surface area contributed by atoms with Crippen molar-refractivity contribution in [3.05, 3.63) is 65.2 Å². The molecule has 0 aromatic heterocycles. The van der Waals surface area contributed by atoms with Crippen molar-refractivity contribution >= 4 is 18.3 Å². The van der Waals surface area contributed by atoms with E-state index in [4.69, 9.17) is 15.2 Å². The molecule has 1 saturated heterocycles. The minimum atomic E-state index is -0.810. The van der Waals surface area contributed by atoms with Gasteiger partial charge in [-0.05, 0) is 43.0 Å². The molecular formula is C21H27ClN2O3. The SMILES string of the molecule is Cc1cccc(COc2ccc(CNC(=O)C3(N)CCOCC3)cc2)c1.Cl. The number of nitrogens with one attached hydrogen (secondary N) is 1. The lowest BCUT2D eigenvalue weighted by Crippen LogP contribution is -2.56. The lowest BCUT2D eigenvalue weighted by atomic mass is 9.90. The van der Waals surface area contributed by atoms with Gasteiger partial charge in [0.2, 0.25) is 5.91 Å². The summed E-state index contributed by atoms with van der Waals surface area (Å²) in [5, 5.41) is 2.93. The largest absolute Gasteiger partial charge is 0.489 e. The molecule has 1 aliphatic heterocycles. The van der Waals surface area contributed by atoms with E-state index in [0.29, 0.717) is 39.2 Å². The summed E-state index contributed by atoms with van der Waals surface area (Å²) >= 11 is 0. The Balaban J connectivity index is 0.00000261. The second-order valence-corrected chi connectivity index (χ2v) is 6.87. The van der Waals surface area contributed by atoms with E-state index in [9.17, 15) is 4.79 Å². The summed E-state index contributed by atoms with van der Waals surface area (Å²) in [6.45, 7) is 4.14. The second-order valence-electron chi connectivity index (χ2n) is 6.87. The molecule has 1 aliphatic rings. The molecule has 0 atom stereocenters. The molecule has 27 heavy (non-hydrogen) atoms. The Morgan fingerprint density at radius 1 is 1.15 bits per heavy atom. The van der Waals surface area contributed by atoms with Crippen molar-refractivity contribution in [2.45, 2.75) is 38.5 Å². The van der Waals surface area contributed by atoms with Crippen molar-refractivity contribution in [1.29, 1.82) is 0 Å². The number of hydrogen-bond donors (Lipinski definition) is 2. The van der Waals surface area contributed by atoms with E-state index in [2.05, 4.69) is 30.4 Å². The van der Waals surface area contributed by atoms with Crippen LogP contribution in [0.4, 0.5) is 0 Å². The molecule has 146 valence electrons. The van der Waals surface area contributed by atoms with Crippen molar-refractivity contribution in [3.8, 4) is 5.75 Å². The van der Waals surface area contributed by atoms with Crippen LogP contribution in [-0.2, 0) is 22.7 Å². The molecule has 0 spiro atoms. The molecule has 0 radical (unpaired) electrons. The summed E-state index contributed by atoms with van der Waals surface area (Å²) in [5.74, 6) is 0.696. The summed E-state index contributed by atoms with van der Waals surface area (Å²) in [6, 6.07) is 16.0. The molecule has 3 rings (SSSR count). The molecule has 1 fully saturated rings. The van der Waals surface area contributed by atoms with Gasteiger partial charge in [-0.25, -0.2) is 0 Å². The lowest BCUT2D eigenvalue weighted by molar-refractivity contribution is -0.129. The van der Waals surface area contributed by atoms with Gasteiger partial charge >= 0.3 is 0 Å². The maximum absolute atomic E-state index is 12.3. The van der Waals surface area contributed by atoms with E-state index in [0.717, 1.165) is 16.9 Å². The lowest BCUT2D eigenvalue weighted by Gasteiger charge is -2.31. The molecule has 0 unspecified atom stereocenters. The van der Waals surface area contributed by atoms with E-state index in [1.54, 1.807) is 0 Å². The Bertz CT molecular complexity index is 743. The molecule has 0 saturated carbocycles. The molecule has 0 bridgehead atoms. The average molecular weight is 391 g/mol. The second kappa shape index (κ2) is 9.74. The maximum Gasteiger partial charge on any atom is 0.240 e. The molecule has 1 amide bonds. The highest BCUT2D eigenvalue weighted by molar-refractivity contribution is 5.86. The van der Waals surface area contributed by atoms with Crippen molar-refractivity contribution in [3.63, 3.8) is 0 Å². The first kappa shape index (κ1) is 21.2. The Morgan fingerprint density at radius 3 is 2.52 bits per heavy atom. The first-order valence-electron chi connectivity index (χ1n) is 8.97. The van der Waals surface area contributed by atoms with Crippen molar-refractivity contribution in [1.82, 2.24) is 5.32 Å². The summed E-state index contributed by atoms with van der Waals surface area (Å²) < 4.78 is 11.1. The highest BCUT2D eigenvalue weighted by atomic mass is 35.5. The average Bonchev–Trinajstić information content (AvgIpc) is 2.66. The summed E-state index contributed by atoms with van der Waals surface area (Å²) in [6.07, 6.45) is 1.12. The predicted octanol–water partition coefficient (Wildman–Crippen LogP) is 3.12. The first-order chi connectivity index (χ1) is 12.5. The van der Waals surface area contributed by atoms with Crippen LogP contribution in [0.3, 0.4) is 0 Å². The fourth-order valence-electron chi connectivity index (χ4n) is 2.99. The van der Waals surface area contributed by atoms with Crippen LogP contribution in [0.25, 0.3) is 0 Å². The molecule has 2 aromatic carbocycles. The van der Waals surface area contributed by atoms with Gasteiger partial charge in [-0.1, -0.05) is 42.0 Å². The molecule has 2 aromatic rings. The van der Waals surface area contributed by atoms with E-state index in [1.165, 1.54) is 5.56 Å². The van der Waals surface area contributed by atoms with E-state index in [1.807, 2.05) is 30.3 Å². The normalized spacial score (nSPS) is 15.5. The van der Waals surface area contributed by atoms with Gasteiger partial charge in [0.1, 0.15) is 12.4 Å². The van der Waals surface area contributed by atoms with Crippen LogP contribution in [0.1, 0.15) is 29.5 Å². The zero-order valence-corrected chi connectivity index (χ0v) is 16.4. The van der Waals surface area contributed by atoms with Crippen LogP contribution in [0.2, 0.25) is 0 Å². The topological polar surface area (TPSA) is 73.6 Å². The molecule has 3 N–H and O–H groups in total. The highest BCUT2D eigenvalue weighted by Crippen LogP contribution is 2.18. The van der Waals surface area contributed by atoms with Crippen LogP contribution in [0, 0.1) is 6.92 Å². The van der Waals surface area contributed by atoms with Gasteiger partial charge in [0, 0.05) is 19.8 Å². The van der Waals surface area contributed by atoms with Gasteiger partial charge < -0.3 is 20.5 Å². The third-order valence-electron chi connectivity index (χ3n) is 4.70. The zero-order chi connectivity index (χ0) is 18.4. The van der Waals surface area contributed by atoms with Gasteiger partial charge in [0.25, 0.3) is 0 Å². The van der Waals surface area contributed by atoms with Crippen molar-refractivity contribution in [2.24, 2.45) is 5.73 Å². The third-order valence-corrected chi connectivity index (χ3v) is 4.70. The monoisotopic (exact) mass is 390 g/mol. The van der Waals surface area contributed by atoms with Gasteiger partial charge in [-0.2, -0.15) is 0 Å². The number of benzene rings is 2. The number of carbonyl (C=O) groups excluding carboxylic acids is 1. The Labute approximate surface area is 166 Å². The molecule has 5 nitrogen and oxygen atoms in total. The standard InChI is InChI=1S/C21H26N2O3.ClH/c1-16-3-2-4-18(13-16)15-26-19-7-5-17(6-8-19)14-23-20(24)21(22)9-11-25-12-10-21;/h2-8,13H,9-12,14-15,22H2,1H3,(H,23,24);1H. The van der Waals surface area contributed by atoms with Crippen LogP contribution in [0.15, 0.2) is 48.5 Å². The zero-order valence-electron chi connectivity index (χ0n) is 15.6. The number of ether oxygens (including phenoxy) is 2. The minimum absolute atomic E-state index is 0. The number of amides is 1. The van der Waals surface area contributed by atoms with E-state index in [-0.39, 0.29) is 18.3 Å². The summed E-state index contributed by atoms with van der Waals surface area (Å²) in [5.41, 5.74) is 8.75. The predicted molar refractivity (Wildman–Crippen MR) is 108 cm³/mol. The van der Waals surface area contributed by atoms with Crippen LogP contribution >= 0.6 is 12.4 Å². The van der Waals surface area contributed by atoms with Gasteiger partial charge in [0.15, 0.2) is 0 Å². The first-order valence-corrected chi connectivity index (χ1v) is 8.97. The van der Waals surface area contributed by atoms with Gasteiger partial charge in [-0.3, -0.25) is 4.79 Å². The summed E-state index contributed by atoms with van der Waals surface area (Å²) in [7, 11) is 0. The Hall–Kier alpha value is -2.08. The number of carbonyl (C=O) groups is 1. The highest BCUT2D eigenvalue weighted by Gasteiger charge is 2.35. The van der Waals surface area contributed by atoms with Crippen molar-refractivity contribution in [2.75, 3.05) is 13.2 Å². The van der Waals surface area contributed by atoms with E-state index >= 15 is 0 Å². The Kier molecular flexibility index (Phi) is 7.66. The Morgan fingerprint density at radius 2 is 1.85 bits per heavy atom. The number of halogens is 1. The molecule has 6 heteroatoms. The molecular weight excluding hydrogens is 364 g/mol. The fraction of sp³-hybridized carbons (Fsp3) is 0.381. The quantitative estimate of drug-likeness (QED) is 0.794. The van der Waals surface area contributed by atoms with Gasteiger partial charge in [-0.15, -0.1) is 12.4 Å². The summed E-state index contributed by atoms with van der Waals surface area (Å²) in [4.78, 5) is 12.3. The van der Waals surface area contributed by atoms with Crippen LogP contribution < -0.4 is 15.8 Å². The molecule has 0 aliphatic carbocycles. The third kappa shape index (κ3) is 5.96. The van der Waals surface area contributed by atoms with Crippen molar-refractivity contribution < 1.29 is 14.3 Å². The van der Waals surface area contributed by atoms with Crippen LogP contribution in [-0.4, -0.2) is 24.7 Å². The molecule has 1 heterocycles. The fourth-order valence-corrected chi connectivity index (χ4v) is 2.99. The number of hydrogen-bond acceptors (Lipinski definition) is 4.